The van der Waals surface area contributed by atoms with E-state index in [1.807, 2.05) is 37.4 Å². The number of rotatable bonds is 6. The van der Waals surface area contributed by atoms with Crippen molar-refractivity contribution in [3.05, 3.63) is 65.2 Å². The van der Waals surface area contributed by atoms with Crippen LogP contribution in [0.25, 0.3) is 0 Å². The van der Waals surface area contributed by atoms with Crippen molar-refractivity contribution in [3.63, 3.8) is 0 Å². The summed E-state index contributed by atoms with van der Waals surface area (Å²) >= 11 is 0. The standard InChI is InChI=1S/C17H21FN2/c1-3-9-20-17(12-15-6-4-5-10-19-15)16-8-7-14(18)11-13(16)2/h4-8,10-11,17,20H,3,9,12H2,1-2H3. The van der Waals surface area contributed by atoms with Crippen LogP contribution in [0, 0.1) is 12.7 Å². The Morgan fingerprint density at radius 1 is 1.25 bits per heavy atom. The molecule has 1 N–H and O–H groups in total. The summed E-state index contributed by atoms with van der Waals surface area (Å²) in [7, 11) is 0. The van der Waals surface area contributed by atoms with Crippen molar-refractivity contribution in [1.29, 1.82) is 0 Å². The molecule has 1 atom stereocenters. The molecule has 2 nitrogen and oxygen atoms in total. The smallest absolute Gasteiger partial charge is 0.123 e. The summed E-state index contributed by atoms with van der Waals surface area (Å²) in [5.41, 5.74) is 3.17. The number of nitrogens with zero attached hydrogens (tertiary/aromatic N) is 1. The molecule has 2 rings (SSSR count). The Morgan fingerprint density at radius 3 is 2.75 bits per heavy atom. The normalized spacial score (nSPS) is 12.3. The summed E-state index contributed by atoms with van der Waals surface area (Å²) in [6, 6.07) is 11.1. The summed E-state index contributed by atoms with van der Waals surface area (Å²) in [5.74, 6) is -0.182. The van der Waals surface area contributed by atoms with Gasteiger partial charge in [0.1, 0.15) is 5.82 Å². The molecule has 106 valence electrons. The Hall–Kier alpha value is -1.74. The lowest BCUT2D eigenvalue weighted by molar-refractivity contribution is 0.520. The summed E-state index contributed by atoms with van der Waals surface area (Å²) in [6.07, 6.45) is 3.69. The Kier molecular flexibility index (Phi) is 5.24. The monoisotopic (exact) mass is 272 g/mol. The second-order valence-electron chi connectivity index (χ2n) is 5.03. The number of aryl methyl sites for hydroxylation is 1. The average Bonchev–Trinajstić information content (AvgIpc) is 2.45. The number of halogens is 1. The highest BCUT2D eigenvalue weighted by molar-refractivity contribution is 5.30. The van der Waals surface area contributed by atoms with Gasteiger partial charge in [-0.1, -0.05) is 19.1 Å². The first-order valence-electron chi connectivity index (χ1n) is 7.10. The first-order valence-corrected chi connectivity index (χ1v) is 7.10. The number of hydrogen-bond donors (Lipinski definition) is 1. The maximum absolute atomic E-state index is 13.3. The highest BCUT2D eigenvalue weighted by Crippen LogP contribution is 2.22. The van der Waals surface area contributed by atoms with Gasteiger partial charge in [-0.2, -0.15) is 0 Å². The van der Waals surface area contributed by atoms with Crippen LogP contribution in [-0.2, 0) is 6.42 Å². The van der Waals surface area contributed by atoms with Crippen LogP contribution in [0.4, 0.5) is 4.39 Å². The van der Waals surface area contributed by atoms with E-state index in [1.54, 1.807) is 6.07 Å². The molecule has 0 fully saturated rings. The van der Waals surface area contributed by atoms with Gasteiger partial charge in [0.15, 0.2) is 0 Å². The molecular formula is C17H21FN2. The van der Waals surface area contributed by atoms with Gasteiger partial charge in [0.25, 0.3) is 0 Å². The summed E-state index contributed by atoms with van der Waals surface area (Å²) < 4.78 is 13.3. The molecule has 0 aliphatic carbocycles. The molecule has 3 heteroatoms. The lowest BCUT2D eigenvalue weighted by atomic mass is 9.97. The minimum absolute atomic E-state index is 0.172. The Morgan fingerprint density at radius 2 is 2.10 bits per heavy atom. The number of pyridine rings is 1. The third-order valence-electron chi connectivity index (χ3n) is 3.39. The van der Waals surface area contributed by atoms with Crippen molar-refractivity contribution in [1.82, 2.24) is 10.3 Å². The molecule has 0 saturated heterocycles. The minimum Gasteiger partial charge on any atom is -0.310 e. The number of benzene rings is 1. The highest BCUT2D eigenvalue weighted by atomic mass is 19.1. The van der Waals surface area contributed by atoms with Crippen LogP contribution < -0.4 is 5.32 Å². The van der Waals surface area contributed by atoms with Gasteiger partial charge in [0, 0.05) is 24.4 Å². The van der Waals surface area contributed by atoms with Crippen LogP contribution in [0.15, 0.2) is 42.6 Å². The van der Waals surface area contributed by atoms with E-state index in [9.17, 15) is 4.39 Å². The second kappa shape index (κ2) is 7.15. The van der Waals surface area contributed by atoms with Gasteiger partial charge in [-0.25, -0.2) is 4.39 Å². The molecule has 0 spiro atoms. The van der Waals surface area contributed by atoms with Gasteiger partial charge >= 0.3 is 0 Å². The molecular weight excluding hydrogens is 251 g/mol. The molecule has 0 bridgehead atoms. The molecule has 1 heterocycles. The predicted molar refractivity (Wildman–Crippen MR) is 80.1 cm³/mol. The first-order chi connectivity index (χ1) is 9.70. The average molecular weight is 272 g/mol. The zero-order valence-electron chi connectivity index (χ0n) is 12.1. The SMILES string of the molecule is CCCNC(Cc1ccccn1)c1ccc(F)cc1C. The van der Waals surface area contributed by atoms with Crippen LogP contribution >= 0.6 is 0 Å². The highest BCUT2D eigenvalue weighted by Gasteiger charge is 2.14. The molecule has 1 unspecified atom stereocenters. The van der Waals surface area contributed by atoms with Gasteiger partial charge in [-0.05, 0) is 55.3 Å². The fourth-order valence-corrected chi connectivity index (χ4v) is 2.37. The van der Waals surface area contributed by atoms with Crippen molar-refractivity contribution in [3.8, 4) is 0 Å². The van der Waals surface area contributed by atoms with Crippen LogP contribution in [-0.4, -0.2) is 11.5 Å². The topological polar surface area (TPSA) is 24.9 Å². The van der Waals surface area contributed by atoms with Gasteiger partial charge in [0.05, 0.1) is 0 Å². The lowest BCUT2D eigenvalue weighted by Crippen LogP contribution is -2.25. The predicted octanol–water partition coefficient (Wildman–Crippen LogP) is 3.81. The maximum atomic E-state index is 13.3. The van der Waals surface area contributed by atoms with Crippen LogP contribution in [0.3, 0.4) is 0 Å². The van der Waals surface area contributed by atoms with E-state index in [0.29, 0.717) is 0 Å². The van der Waals surface area contributed by atoms with E-state index in [-0.39, 0.29) is 11.9 Å². The van der Waals surface area contributed by atoms with E-state index < -0.39 is 0 Å². The molecule has 1 aromatic carbocycles. The zero-order chi connectivity index (χ0) is 14.4. The molecule has 0 radical (unpaired) electrons. The molecule has 0 amide bonds. The van der Waals surface area contributed by atoms with E-state index >= 15 is 0 Å². The number of nitrogens with one attached hydrogen (secondary N) is 1. The van der Waals surface area contributed by atoms with Gasteiger partial charge in [0.2, 0.25) is 0 Å². The first kappa shape index (κ1) is 14.7. The summed E-state index contributed by atoms with van der Waals surface area (Å²) in [6.45, 7) is 5.04. The van der Waals surface area contributed by atoms with Crippen LogP contribution in [0.5, 0.6) is 0 Å². The molecule has 1 aromatic heterocycles. The van der Waals surface area contributed by atoms with Crippen molar-refractivity contribution in [2.24, 2.45) is 0 Å². The van der Waals surface area contributed by atoms with Crippen molar-refractivity contribution < 1.29 is 4.39 Å². The second-order valence-corrected chi connectivity index (χ2v) is 5.03. The van der Waals surface area contributed by atoms with Crippen molar-refractivity contribution in [2.45, 2.75) is 32.7 Å². The largest absolute Gasteiger partial charge is 0.310 e. The summed E-state index contributed by atoms with van der Waals surface area (Å²) in [5, 5.41) is 3.53. The Balaban J connectivity index is 2.22. The van der Waals surface area contributed by atoms with Gasteiger partial charge in [-0.3, -0.25) is 4.98 Å². The zero-order valence-corrected chi connectivity index (χ0v) is 12.1. The van der Waals surface area contributed by atoms with E-state index in [4.69, 9.17) is 0 Å². The number of aromatic nitrogens is 1. The van der Waals surface area contributed by atoms with E-state index in [0.717, 1.165) is 36.2 Å². The third-order valence-corrected chi connectivity index (χ3v) is 3.39. The van der Waals surface area contributed by atoms with Crippen LogP contribution in [0.2, 0.25) is 0 Å². The fraction of sp³-hybridized carbons (Fsp3) is 0.353. The van der Waals surface area contributed by atoms with E-state index in [1.165, 1.54) is 6.07 Å². The molecule has 0 saturated carbocycles. The lowest BCUT2D eigenvalue weighted by Gasteiger charge is -2.20. The third kappa shape index (κ3) is 3.87. The van der Waals surface area contributed by atoms with Crippen molar-refractivity contribution >= 4 is 0 Å². The summed E-state index contributed by atoms with van der Waals surface area (Å²) in [4.78, 5) is 4.39. The maximum Gasteiger partial charge on any atom is 0.123 e. The Bertz CT molecular complexity index is 540. The molecule has 0 aliphatic rings. The molecule has 2 aromatic rings. The van der Waals surface area contributed by atoms with Gasteiger partial charge < -0.3 is 5.32 Å². The van der Waals surface area contributed by atoms with Gasteiger partial charge in [-0.15, -0.1) is 0 Å². The van der Waals surface area contributed by atoms with Crippen molar-refractivity contribution in [2.75, 3.05) is 6.54 Å². The number of hydrogen-bond acceptors (Lipinski definition) is 2. The van der Waals surface area contributed by atoms with Crippen LogP contribution in [0.1, 0.15) is 36.2 Å². The van der Waals surface area contributed by atoms with E-state index in [2.05, 4.69) is 17.2 Å². The Labute approximate surface area is 120 Å². The minimum atomic E-state index is -0.182. The quantitative estimate of drug-likeness (QED) is 0.865. The fourth-order valence-electron chi connectivity index (χ4n) is 2.37. The molecule has 0 aliphatic heterocycles. The molecule has 20 heavy (non-hydrogen) atoms.